The van der Waals surface area contributed by atoms with Crippen molar-refractivity contribution in [2.75, 3.05) is 19.6 Å². The van der Waals surface area contributed by atoms with Crippen LogP contribution in [0.25, 0.3) is 11.3 Å². The third-order valence-corrected chi connectivity index (χ3v) is 5.84. The predicted octanol–water partition coefficient (Wildman–Crippen LogP) is 3.61. The molecule has 1 aromatic carbocycles. The quantitative estimate of drug-likeness (QED) is 0.717. The van der Waals surface area contributed by atoms with Crippen molar-refractivity contribution in [1.82, 2.24) is 20.5 Å². The Balaban J connectivity index is 0.00000141. The van der Waals surface area contributed by atoms with Crippen LogP contribution >= 0.6 is 0 Å². The normalized spacial score (nSPS) is 17.5. The van der Waals surface area contributed by atoms with Gasteiger partial charge in [0.05, 0.1) is 13.1 Å². The third-order valence-electron chi connectivity index (χ3n) is 5.84. The lowest BCUT2D eigenvalue weighted by Gasteiger charge is -2.58. The van der Waals surface area contributed by atoms with Crippen LogP contribution in [0.4, 0.5) is 0 Å². The fraction of sp³-hybridized carbons (Fsp3) is 0.560. The van der Waals surface area contributed by atoms with E-state index in [0.29, 0.717) is 18.8 Å². The Morgan fingerprint density at radius 3 is 2.44 bits per heavy atom. The highest BCUT2D eigenvalue weighted by molar-refractivity contribution is 5.80. The Labute approximate surface area is 191 Å². The SMILES string of the molecule is CC.CC(C)(C)NC(=O)CN1CC2(CC(C(=O)NCc3ncoc3-c3ccccc3)C2)C1. The van der Waals surface area contributed by atoms with Crippen LogP contribution in [0.1, 0.15) is 53.2 Å². The van der Waals surface area contributed by atoms with Gasteiger partial charge in [0.2, 0.25) is 11.8 Å². The molecule has 7 nitrogen and oxygen atoms in total. The fourth-order valence-electron chi connectivity index (χ4n) is 4.64. The van der Waals surface area contributed by atoms with E-state index in [0.717, 1.165) is 37.2 Å². The maximum absolute atomic E-state index is 12.6. The highest BCUT2D eigenvalue weighted by atomic mass is 16.3. The Hall–Kier alpha value is -2.67. The summed E-state index contributed by atoms with van der Waals surface area (Å²) in [6.45, 7) is 12.6. The van der Waals surface area contributed by atoms with Gasteiger partial charge in [-0.2, -0.15) is 0 Å². The van der Waals surface area contributed by atoms with Gasteiger partial charge in [0, 0.05) is 30.1 Å². The van der Waals surface area contributed by atoms with Crippen molar-refractivity contribution in [1.29, 1.82) is 0 Å². The largest absolute Gasteiger partial charge is 0.443 e. The van der Waals surface area contributed by atoms with E-state index >= 15 is 0 Å². The van der Waals surface area contributed by atoms with E-state index in [1.165, 1.54) is 6.39 Å². The maximum Gasteiger partial charge on any atom is 0.234 e. The Morgan fingerprint density at radius 1 is 1.16 bits per heavy atom. The summed E-state index contributed by atoms with van der Waals surface area (Å²) in [7, 11) is 0. The van der Waals surface area contributed by atoms with Crippen LogP contribution in [0.2, 0.25) is 0 Å². The zero-order chi connectivity index (χ0) is 23.4. The number of hydrogen-bond donors (Lipinski definition) is 2. The summed E-state index contributed by atoms with van der Waals surface area (Å²) in [6, 6.07) is 9.77. The number of likely N-dealkylation sites (tertiary alicyclic amines) is 1. The molecular weight excluding hydrogens is 404 g/mol. The molecule has 0 radical (unpaired) electrons. The number of benzene rings is 1. The molecule has 1 saturated carbocycles. The number of carbonyl (C=O) groups is 2. The molecule has 0 unspecified atom stereocenters. The van der Waals surface area contributed by atoms with Crippen LogP contribution in [0, 0.1) is 11.3 Å². The number of carbonyl (C=O) groups excluding carboxylic acids is 2. The summed E-state index contributed by atoms with van der Waals surface area (Å²) in [5.74, 6) is 0.881. The predicted molar refractivity (Wildman–Crippen MR) is 125 cm³/mol. The molecule has 174 valence electrons. The van der Waals surface area contributed by atoms with Crippen LogP contribution in [0.3, 0.4) is 0 Å². The van der Waals surface area contributed by atoms with E-state index in [2.05, 4.69) is 20.5 Å². The van der Waals surface area contributed by atoms with Gasteiger partial charge in [-0.25, -0.2) is 4.98 Å². The van der Waals surface area contributed by atoms with Crippen molar-refractivity contribution < 1.29 is 14.0 Å². The first-order valence-electron chi connectivity index (χ1n) is 11.5. The number of amides is 2. The second kappa shape index (κ2) is 9.86. The number of nitrogens with one attached hydrogen (secondary N) is 2. The van der Waals surface area contributed by atoms with E-state index < -0.39 is 0 Å². The van der Waals surface area contributed by atoms with Crippen molar-refractivity contribution in [3.8, 4) is 11.3 Å². The fourth-order valence-corrected chi connectivity index (χ4v) is 4.64. The van der Waals surface area contributed by atoms with Crippen molar-refractivity contribution in [2.45, 2.75) is 59.5 Å². The summed E-state index contributed by atoms with van der Waals surface area (Å²) in [5.41, 5.74) is 1.70. The van der Waals surface area contributed by atoms with Gasteiger partial charge in [0.15, 0.2) is 12.2 Å². The Bertz CT molecular complexity index is 903. The molecule has 1 spiro atoms. The Morgan fingerprint density at radius 2 is 1.81 bits per heavy atom. The van der Waals surface area contributed by atoms with Gasteiger partial charge in [-0.1, -0.05) is 44.2 Å². The lowest BCUT2D eigenvalue weighted by atomic mass is 9.57. The molecule has 1 aliphatic carbocycles. The molecule has 2 aromatic rings. The van der Waals surface area contributed by atoms with E-state index in [4.69, 9.17) is 4.42 Å². The van der Waals surface area contributed by atoms with Crippen LogP contribution in [0.5, 0.6) is 0 Å². The molecule has 0 atom stereocenters. The summed E-state index contributed by atoms with van der Waals surface area (Å²) < 4.78 is 5.52. The molecule has 1 saturated heterocycles. The summed E-state index contributed by atoms with van der Waals surface area (Å²) in [5, 5.41) is 6.01. The highest BCUT2D eigenvalue weighted by Gasteiger charge is 2.54. The van der Waals surface area contributed by atoms with Gasteiger partial charge in [-0.15, -0.1) is 0 Å². The van der Waals surface area contributed by atoms with Crippen molar-refractivity contribution in [3.05, 3.63) is 42.4 Å². The number of nitrogens with zero attached hydrogens (tertiary/aromatic N) is 2. The van der Waals surface area contributed by atoms with E-state index in [1.54, 1.807) is 0 Å². The molecule has 0 bridgehead atoms. The first-order valence-corrected chi connectivity index (χ1v) is 11.5. The molecule has 4 rings (SSSR count). The molecule has 2 aliphatic rings. The summed E-state index contributed by atoms with van der Waals surface area (Å²) in [4.78, 5) is 31.0. The Kier molecular flexibility index (Phi) is 7.39. The average Bonchev–Trinajstić information content (AvgIpc) is 3.16. The minimum absolute atomic E-state index is 0.0441. The lowest BCUT2D eigenvalue weighted by molar-refractivity contribution is -0.148. The van der Waals surface area contributed by atoms with Crippen LogP contribution in [-0.2, 0) is 16.1 Å². The molecular formula is C25H36N4O3. The van der Waals surface area contributed by atoms with Crippen LogP contribution in [0.15, 0.2) is 41.1 Å². The number of rotatable bonds is 6. The second-order valence-electron chi connectivity index (χ2n) is 9.76. The topological polar surface area (TPSA) is 87.5 Å². The standard InChI is InChI=1S/C23H30N4O3.C2H6/c1-22(2,3)26-19(28)12-27-13-23(14-27)9-17(10-23)21(29)24-11-18-20(30-15-25-18)16-7-5-4-6-8-16;1-2/h4-8,15,17H,9-14H2,1-3H3,(H,24,29)(H,26,28);1-2H3. The minimum Gasteiger partial charge on any atom is -0.443 e. The molecule has 2 N–H and O–H groups in total. The van der Waals surface area contributed by atoms with Gasteiger partial charge in [-0.05, 0) is 39.0 Å². The summed E-state index contributed by atoms with van der Waals surface area (Å²) in [6.07, 6.45) is 3.20. The smallest absolute Gasteiger partial charge is 0.234 e. The van der Waals surface area contributed by atoms with Gasteiger partial charge in [-0.3, -0.25) is 14.5 Å². The zero-order valence-electron chi connectivity index (χ0n) is 19.9. The first-order chi connectivity index (χ1) is 15.2. The third kappa shape index (κ3) is 5.76. The van der Waals surface area contributed by atoms with Gasteiger partial charge < -0.3 is 15.1 Å². The maximum atomic E-state index is 12.6. The molecule has 2 amide bonds. The molecule has 2 heterocycles. The van der Waals surface area contributed by atoms with Crippen LogP contribution in [-0.4, -0.2) is 46.9 Å². The molecule has 7 heteroatoms. The van der Waals surface area contributed by atoms with Crippen LogP contribution < -0.4 is 10.6 Å². The van der Waals surface area contributed by atoms with E-state index in [-0.39, 0.29) is 28.7 Å². The monoisotopic (exact) mass is 440 g/mol. The van der Waals surface area contributed by atoms with Crippen molar-refractivity contribution >= 4 is 11.8 Å². The van der Waals surface area contributed by atoms with Gasteiger partial charge in [0.25, 0.3) is 0 Å². The van der Waals surface area contributed by atoms with Gasteiger partial charge >= 0.3 is 0 Å². The first kappa shape index (κ1) is 24.0. The van der Waals surface area contributed by atoms with E-state index in [1.807, 2.05) is 65.0 Å². The lowest BCUT2D eigenvalue weighted by Crippen LogP contribution is -2.65. The number of oxazole rings is 1. The minimum atomic E-state index is -0.205. The molecule has 2 fully saturated rings. The second-order valence-corrected chi connectivity index (χ2v) is 9.76. The average molecular weight is 441 g/mol. The molecule has 1 aromatic heterocycles. The number of aromatic nitrogens is 1. The molecule has 1 aliphatic heterocycles. The highest BCUT2D eigenvalue weighted by Crippen LogP contribution is 2.51. The van der Waals surface area contributed by atoms with Crippen molar-refractivity contribution in [2.24, 2.45) is 11.3 Å². The number of hydrogen-bond acceptors (Lipinski definition) is 5. The summed E-state index contributed by atoms with van der Waals surface area (Å²) >= 11 is 0. The van der Waals surface area contributed by atoms with Gasteiger partial charge in [0.1, 0.15) is 5.69 Å². The zero-order valence-corrected chi connectivity index (χ0v) is 19.9. The van der Waals surface area contributed by atoms with E-state index in [9.17, 15) is 9.59 Å². The van der Waals surface area contributed by atoms with Crippen molar-refractivity contribution in [3.63, 3.8) is 0 Å². The molecule has 32 heavy (non-hydrogen) atoms.